The molecule has 2 aromatic carbocycles. The second kappa shape index (κ2) is 6.75. The number of anilines is 1. The summed E-state index contributed by atoms with van der Waals surface area (Å²) in [7, 11) is 3.96. The van der Waals surface area contributed by atoms with Gasteiger partial charge in [0.2, 0.25) is 0 Å². The van der Waals surface area contributed by atoms with Crippen LogP contribution in [0, 0.1) is 0 Å². The molecule has 0 unspecified atom stereocenters. The maximum Gasteiger partial charge on any atom is 0.251 e. The molecule has 0 radical (unpaired) electrons. The van der Waals surface area contributed by atoms with E-state index in [0.29, 0.717) is 12.1 Å². The Balaban J connectivity index is 1.85. The van der Waals surface area contributed by atoms with Crippen LogP contribution < -0.4 is 10.2 Å². The molecule has 1 amide bonds. The fraction of sp³-hybridized carbons (Fsp3) is 0.235. The first-order valence-electron chi connectivity index (χ1n) is 6.76. The van der Waals surface area contributed by atoms with Crippen molar-refractivity contribution in [3.8, 4) is 0 Å². The molecule has 2 rings (SSSR count). The van der Waals surface area contributed by atoms with E-state index in [0.717, 1.165) is 12.1 Å². The van der Waals surface area contributed by atoms with Gasteiger partial charge in [0.1, 0.15) is 0 Å². The number of hydrogen-bond donors (Lipinski definition) is 1. The van der Waals surface area contributed by atoms with Gasteiger partial charge in [0, 0.05) is 31.9 Å². The smallest absolute Gasteiger partial charge is 0.251 e. The lowest BCUT2D eigenvalue weighted by Gasteiger charge is -2.12. The normalized spacial score (nSPS) is 10.1. The number of nitrogens with zero attached hydrogens (tertiary/aromatic N) is 1. The lowest BCUT2D eigenvalue weighted by atomic mass is 10.1. The van der Waals surface area contributed by atoms with Gasteiger partial charge in [-0.15, -0.1) is 0 Å². The van der Waals surface area contributed by atoms with Crippen LogP contribution in [0.25, 0.3) is 0 Å². The Kier molecular flexibility index (Phi) is 4.77. The third-order valence-electron chi connectivity index (χ3n) is 3.19. The number of benzene rings is 2. The standard InChI is InChI=1S/C17H20N2O/c1-19(2)16-10-8-15(9-11-16)17(20)18-13-12-14-6-4-3-5-7-14/h3-11H,12-13H2,1-2H3,(H,18,20). The van der Waals surface area contributed by atoms with Crippen molar-refractivity contribution in [1.82, 2.24) is 5.32 Å². The molecule has 1 N–H and O–H groups in total. The van der Waals surface area contributed by atoms with Crippen molar-refractivity contribution < 1.29 is 4.79 Å². The van der Waals surface area contributed by atoms with Crippen molar-refractivity contribution in [3.05, 3.63) is 65.7 Å². The summed E-state index contributed by atoms with van der Waals surface area (Å²) in [6.07, 6.45) is 0.850. The molecular formula is C17H20N2O. The van der Waals surface area contributed by atoms with E-state index >= 15 is 0 Å². The molecular weight excluding hydrogens is 248 g/mol. The van der Waals surface area contributed by atoms with Gasteiger partial charge in [-0.05, 0) is 36.2 Å². The number of carbonyl (C=O) groups excluding carboxylic acids is 1. The zero-order valence-corrected chi connectivity index (χ0v) is 12.0. The Labute approximate surface area is 120 Å². The van der Waals surface area contributed by atoms with Crippen molar-refractivity contribution in [2.75, 3.05) is 25.5 Å². The summed E-state index contributed by atoms with van der Waals surface area (Å²) < 4.78 is 0. The zero-order valence-electron chi connectivity index (χ0n) is 12.0. The number of amides is 1. The van der Waals surface area contributed by atoms with E-state index < -0.39 is 0 Å². The minimum Gasteiger partial charge on any atom is -0.378 e. The van der Waals surface area contributed by atoms with E-state index in [1.807, 2.05) is 61.5 Å². The van der Waals surface area contributed by atoms with Crippen LogP contribution in [0.4, 0.5) is 5.69 Å². The molecule has 0 saturated heterocycles. The summed E-state index contributed by atoms with van der Waals surface area (Å²) in [4.78, 5) is 14.0. The average molecular weight is 268 g/mol. The van der Waals surface area contributed by atoms with Crippen molar-refractivity contribution in [2.24, 2.45) is 0 Å². The van der Waals surface area contributed by atoms with Crippen molar-refractivity contribution in [1.29, 1.82) is 0 Å². The minimum atomic E-state index is -0.0220. The van der Waals surface area contributed by atoms with Gasteiger partial charge in [0.15, 0.2) is 0 Å². The van der Waals surface area contributed by atoms with Gasteiger partial charge < -0.3 is 10.2 Å². The second-order valence-corrected chi connectivity index (χ2v) is 4.93. The first-order valence-corrected chi connectivity index (χ1v) is 6.76. The van der Waals surface area contributed by atoms with Crippen molar-refractivity contribution in [3.63, 3.8) is 0 Å². The van der Waals surface area contributed by atoms with Gasteiger partial charge >= 0.3 is 0 Å². The topological polar surface area (TPSA) is 32.3 Å². The van der Waals surface area contributed by atoms with Crippen LogP contribution in [-0.2, 0) is 6.42 Å². The summed E-state index contributed by atoms with van der Waals surface area (Å²) in [5.41, 5.74) is 3.02. The van der Waals surface area contributed by atoms with E-state index in [4.69, 9.17) is 0 Å². The first kappa shape index (κ1) is 14.1. The molecule has 0 aromatic heterocycles. The summed E-state index contributed by atoms with van der Waals surface area (Å²) in [5, 5.41) is 2.94. The lowest BCUT2D eigenvalue weighted by Crippen LogP contribution is -2.25. The Hall–Kier alpha value is -2.29. The third kappa shape index (κ3) is 3.85. The highest BCUT2D eigenvalue weighted by atomic mass is 16.1. The van der Waals surface area contributed by atoms with E-state index in [1.165, 1.54) is 5.56 Å². The number of rotatable bonds is 5. The molecule has 0 heterocycles. The molecule has 0 saturated carbocycles. The van der Waals surface area contributed by atoms with E-state index in [2.05, 4.69) is 17.4 Å². The Morgan fingerprint density at radius 1 is 1.00 bits per heavy atom. The number of hydrogen-bond acceptors (Lipinski definition) is 2. The van der Waals surface area contributed by atoms with Gasteiger partial charge in [-0.25, -0.2) is 0 Å². The minimum absolute atomic E-state index is 0.0220. The fourth-order valence-electron chi connectivity index (χ4n) is 1.98. The second-order valence-electron chi connectivity index (χ2n) is 4.93. The van der Waals surface area contributed by atoms with Gasteiger partial charge in [0.25, 0.3) is 5.91 Å². The third-order valence-corrected chi connectivity index (χ3v) is 3.19. The summed E-state index contributed by atoms with van der Waals surface area (Å²) in [6.45, 7) is 0.651. The van der Waals surface area contributed by atoms with Crippen LogP contribution in [-0.4, -0.2) is 26.5 Å². The highest BCUT2D eigenvalue weighted by Gasteiger charge is 2.05. The molecule has 0 fully saturated rings. The van der Waals surface area contributed by atoms with E-state index in [9.17, 15) is 4.79 Å². The summed E-state index contributed by atoms with van der Waals surface area (Å²) in [5.74, 6) is -0.0220. The zero-order chi connectivity index (χ0) is 14.4. The Morgan fingerprint density at radius 2 is 1.65 bits per heavy atom. The molecule has 104 valence electrons. The molecule has 20 heavy (non-hydrogen) atoms. The van der Waals surface area contributed by atoms with Crippen LogP contribution in [0.5, 0.6) is 0 Å². The predicted octanol–water partition coefficient (Wildman–Crippen LogP) is 2.73. The summed E-state index contributed by atoms with van der Waals surface area (Å²) in [6, 6.07) is 17.8. The molecule has 0 atom stereocenters. The monoisotopic (exact) mass is 268 g/mol. The van der Waals surface area contributed by atoms with Gasteiger partial charge in [-0.1, -0.05) is 30.3 Å². The molecule has 0 spiro atoms. The first-order chi connectivity index (χ1) is 9.66. The van der Waals surface area contributed by atoms with Gasteiger partial charge in [0.05, 0.1) is 0 Å². The van der Waals surface area contributed by atoms with Crippen LogP contribution in [0.15, 0.2) is 54.6 Å². The van der Waals surface area contributed by atoms with Gasteiger partial charge in [-0.3, -0.25) is 4.79 Å². The lowest BCUT2D eigenvalue weighted by molar-refractivity contribution is 0.0954. The summed E-state index contributed by atoms with van der Waals surface area (Å²) >= 11 is 0. The van der Waals surface area contributed by atoms with Crippen LogP contribution in [0.1, 0.15) is 15.9 Å². The SMILES string of the molecule is CN(C)c1ccc(C(=O)NCCc2ccccc2)cc1. The molecule has 0 aliphatic heterocycles. The number of nitrogens with one attached hydrogen (secondary N) is 1. The van der Waals surface area contributed by atoms with E-state index in [-0.39, 0.29) is 5.91 Å². The largest absolute Gasteiger partial charge is 0.378 e. The van der Waals surface area contributed by atoms with E-state index in [1.54, 1.807) is 0 Å². The molecule has 3 heteroatoms. The number of carbonyl (C=O) groups is 1. The average Bonchev–Trinajstić information content (AvgIpc) is 2.48. The Bertz CT molecular complexity index is 547. The van der Waals surface area contributed by atoms with Crippen LogP contribution in [0.2, 0.25) is 0 Å². The molecule has 2 aromatic rings. The molecule has 0 aliphatic rings. The predicted molar refractivity (Wildman–Crippen MR) is 83.2 cm³/mol. The quantitative estimate of drug-likeness (QED) is 0.904. The highest BCUT2D eigenvalue weighted by molar-refractivity contribution is 5.94. The fourth-order valence-corrected chi connectivity index (χ4v) is 1.98. The maximum atomic E-state index is 12.0. The molecule has 0 bridgehead atoms. The highest BCUT2D eigenvalue weighted by Crippen LogP contribution is 2.12. The molecule has 3 nitrogen and oxygen atoms in total. The van der Waals surface area contributed by atoms with Crippen molar-refractivity contribution >= 4 is 11.6 Å². The molecule has 0 aliphatic carbocycles. The Morgan fingerprint density at radius 3 is 2.25 bits per heavy atom. The van der Waals surface area contributed by atoms with Crippen LogP contribution >= 0.6 is 0 Å². The van der Waals surface area contributed by atoms with Gasteiger partial charge in [-0.2, -0.15) is 0 Å². The maximum absolute atomic E-state index is 12.0. The van der Waals surface area contributed by atoms with Crippen molar-refractivity contribution in [2.45, 2.75) is 6.42 Å². The van der Waals surface area contributed by atoms with Crippen LogP contribution in [0.3, 0.4) is 0 Å².